The number of nitrogens with zero attached hydrogens (tertiary/aromatic N) is 1. The molecule has 25 heavy (non-hydrogen) atoms. The van der Waals surface area contributed by atoms with Gasteiger partial charge in [0, 0.05) is 5.02 Å². The molecule has 0 aliphatic carbocycles. The maximum atomic E-state index is 12.8. The van der Waals surface area contributed by atoms with E-state index in [0.717, 1.165) is 11.1 Å². The van der Waals surface area contributed by atoms with Crippen LogP contribution in [0.2, 0.25) is 5.02 Å². The van der Waals surface area contributed by atoms with Crippen molar-refractivity contribution in [1.29, 1.82) is 0 Å². The van der Waals surface area contributed by atoms with Crippen molar-refractivity contribution in [3.05, 3.63) is 69.6 Å². The summed E-state index contributed by atoms with van der Waals surface area (Å²) in [5.74, 6) is -1.24. The minimum atomic E-state index is -1.02. The number of hydrogen-bond donors (Lipinski definition) is 1. The van der Waals surface area contributed by atoms with Crippen LogP contribution in [-0.2, 0) is 4.79 Å². The first-order valence-electron chi connectivity index (χ1n) is 7.25. The Morgan fingerprint density at radius 3 is 2.20 bits per heavy atom. The molecule has 0 radical (unpaired) electrons. The van der Waals surface area contributed by atoms with Crippen LogP contribution in [0, 0.1) is 0 Å². The van der Waals surface area contributed by atoms with Gasteiger partial charge in [0.05, 0.1) is 16.2 Å². The first kappa shape index (κ1) is 17.7. The van der Waals surface area contributed by atoms with E-state index < -0.39 is 5.97 Å². The largest absolute Gasteiger partial charge is 0.478 e. The molecule has 1 amide bonds. The number of carbonyl (C=O) groups is 2. The third-order valence-electron chi connectivity index (χ3n) is 3.76. The lowest BCUT2D eigenvalue weighted by atomic mass is 10.1. The average Bonchev–Trinajstić information content (AvgIpc) is 2.89. The number of allylic oxidation sites excluding steroid dienone is 1. The zero-order valence-electron chi connectivity index (χ0n) is 13.0. The van der Waals surface area contributed by atoms with Crippen molar-refractivity contribution in [2.45, 2.75) is 6.92 Å². The van der Waals surface area contributed by atoms with E-state index in [9.17, 15) is 9.59 Å². The minimum absolute atomic E-state index is 0.155. The molecule has 1 aliphatic heterocycles. The number of carboxylic acid groups (broad SMARTS) is 1. The van der Waals surface area contributed by atoms with Crippen LogP contribution in [0.1, 0.15) is 22.8 Å². The number of carboxylic acids is 1. The summed E-state index contributed by atoms with van der Waals surface area (Å²) in [6.45, 7) is 1.86. The van der Waals surface area contributed by atoms with Crippen LogP contribution >= 0.6 is 35.6 Å². The van der Waals surface area contributed by atoms with Crippen LogP contribution in [0.5, 0.6) is 0 Å². The second-order valence-corrected chi connectivity index (χ2v) is 7.40. The van der Waals surface area contributed by atoms with E-state index in [1.807, 2.05) is 19.1 Å². The number of aromatic carboxylic acids is 1. The number of halogens is 1. The van der Waals surface area contributed by atoms with Crippen molar-refractivity contribution in [2.75, 3.05) is 4.90 Å². The Hall–Kier alpha value is -2.15. The highest BCUT2D eigenvalue weighted by molar-refractivity contribution is 8.27. The lowest BCUT2D eigenvalue weighted by Gasteiger charge is -2.14. The van der Waals surface area contributed by atoms with Crippen molar-refractivity contribution < 1.29 is 14.7 Å². The van der Waals surface area contributed by atoms with Gasteiger partial charge >= 0.3 is 5.97 Å². The van der Waals surface area contributed by atoms with Gasteiger partial charge in [-0.2, -0.15) is 0 Å². The Kier molecular flexibility index (Phi) is 4.94. The summed E-state index contributed by atoms with van der Waals surface area (Å²) in [5, 5.41) is 9.61. The number of thiocarbonyl (C=S) groups is 1. The molecule has 0 unspecified atom stereocenters. The van der Waals surface area contributed by atoms with Crippen LogP contribution < -0.4 is 4.90 Å². The summed E-state index contributed by atoms with van der Waals surface area (Å²) >= 11 is 12.5. The van der Waals surface area contributed by atoms with Gasteiger partial charge in [0.25, 0.3) is 5.91 Å². The van der Waals surface area contributed by atoms with E-state index in [-0.39, 0.29) is 11.5 Å². The number of carbonyl (C=O) groups excluding carboxylic acids is 1. The van der Waals surface area contributed by atoms with Crippen LogP contribution in [0.25, 0.3) is 5.57 Å². The number of thioether (sulfide) groups is 1. The Bertz CT molecular complexity index is 905. The van der Waals surface area contributed by atoms with Crippen LogP contribution in [0.3, 0.4) is 0 Å². The van der Waals surface area contributed by atoms with Crippen molar-refractivity contribution in [3.8, 4) is 0 Å². The molecular weight excluding hydrogens is 378 g/mol. The number of amides is 1. The van der Waals surface area contributed by atoms with Gasteiger partial charge in [-0.1, -0.05) is 47.7 Å². The molecule has 2 aromatic carbocycles. The van der Waals surface area contributed by atoms with Crippen molar-refractivity contribution >= 4 is 63.0 Å². The first-order valence-corrected chi connectivity index (χ1v) is 8.85. The monoisotopic (exact) mass is 389 g/mol. The smallest absolute Gasteiger partial charge is 0.335 e. The quantitative estimate of drug-likeness (QED) is 0.601. The first-order chi connectivity index (χ1) is 11.9. The molecule has 1 heterocycles. The highest BCUT2D eigenvalue weighted by atomic mass is 35.5. The molecule has 0 saturated carbocycles. The van der Waals surface area contributed by atoms with Gasteiger partial charge in [0.2, 0.25) is 0 Å². The van der Waals surface area contributed by atoms with Gasteiger partial charge in [-0.15, -0.1) is 0 Å². The van der Waals surface area contributed by atoms with Gasteiger partial charge in [-0.05, 0) is 54.5 Å². The maximum absolute atomic E-state index is 12.8. The summed E-state index contributed by atoms with van der Waals surface area (Å²) in [5.41, 5.74) is 2.42. The number of rotatable bonds is 3. The van der Waals surface area contributed by atoms with Gasteiger partial charge in [-0.25, -0.2) is 4.79 Å². The van der Waals surface area contributed by atoms with E-state index in [4.69, 9.17) is 28.9 Å². The van der Waals surface area contributed by atoms with Gasteiger partial charge in [0.15, 0.2) is 4.32 Å². The van der Waals surface area contributed by atoms with Crippen molar-refractivity contribution in [3.63, 3.8) is 0 Å². The molecule has 126 valence electrons. The van der Waals surface area contributed by atoms with E-state index in [1.54, 1.807) is 24.3 Å². The second-order valence-electron chi connectivity index (χ2n) is 5.32. The topological polar surface area (TPSA) is 57.6 Å². The van der Waals surface area contributed by atoms with E-state index in [2.05, 4.69) is 0 Å². The zero-order chi connectivity index (χ0) is 18.1. The Morgan fingerprint density at radius 1 is 1.08 bits per heavy atom. The maximum Gasteiger partial charge on any atom is 0.335 e. The Labute approximate surface area is 159 Å². The summed E-state index contributed by atoms with van der Waals surface area (Å²) < 4.78 is 0.413. The van der Waals surface area contributed by atoms with Crippen LogP contribution in [-0.4, -0.2) is 21.3 Å². The standard InChI is InChI=1S/C18H12ClNO3S2/c1-10(11-2-6-13(19)7-3-11)15-16(21)20(18(24)25-15)14-8-4-12(5-9-14)17(22)23/h2-9H,1H3,(H,22,23)/b15-10-. The molecule has 1 N–H and O–H groups in total. The van der Waals surface area contributed by atoms with Crippen molar-refractivity contribution in [1.82, 2.24) is 0 Å². The zero-order valence-corrected chi connectivity index (χ0v) is 15.4. The van der Waals surface area contributed by atoms with Gasteiger partial charge in [-0.3, -0.25) is 9.69 Å². The van der Waals surface area contributed by atoms with E-state index >= 15 is 0 Å². The second kappa shape index (κ2) is 7.00. The highest BCUT2D eigenvalue weighted by Gasteiger charge is 2.34. The molecule has 1 aliphatic rings. The predicted molar refractivity (Wildman–Crippen MR) is 105 cm³/mol. The SMILES string of the molecule is C/C(=C1/SC(=S)N(c2ccc(C(=O)O)cc2)C1=O)c1ccc(Cl)cc1. The summed E-state index contributed by atoms with van der Waals surface area (Å²) in [7, 11) is 0. The lowest BCUT2D eigenvalue weighted by molar-refractivity contribution is -0.113. The molecule has 3 rings (SSSR count). The molecule has 0 atom stereocenters. The Balaban J connectivity index is 1.95. The average molecular weight is 390 g/mol. The fourth-order valence-corrected chi connectivity index (χ4v) is 3.87. The molecular formula is C18H12ClNO3S2. The summed E-state index contributed by atoms with van der Waals surface area (Å²) in [4.78, 5) is 25.8. The molecule has 4 nitrogen and oxygen atoms in total. The van der Waals surface area contributed by atoms with Crippen LogP contribution in [0.4, 0.5) is 5.69 Å². The molecule has 7 heteroatoms. The van der Waals surface area contributed by atoms with Crippen molar-refractivity contribution in [2.24, 2.45) is 0 Å². The molecule has 0 bridgehead atoms. The van der Waals surface area contributed by atoms with Gasteiger partial charge in [0.1, 0.15) is 0 Å². The summed E-state index contributed by atoms with van der Waals surface area (Å²) in [6, 6.07) is 13.3. The predicted octanol–water partition coefficient (Wildman–Crippen LogP) is 4.83. The molecule has 0 aromatic heterocycles. The minimum Gasteiger partial charge on any atom is -0.478 e. The van der Waals surface area contributed by atoms with E-state index in [1.165, 1.54) is 28.8 Å². The fourth-order valence-electron chi connectivity index (χ4n) is 2.40. The molecule has 2 aromatic rings. The lowest BCUT2D eigenvalue weighted by Crippen LogP contribution is -2.27. The van der Waals surface area contributed by atoms with E-state index in [0.29, 0.717) is 19.9 Å². The normalized spacial score (nSPS) is 16.3. The highest BCUT2D eigenvalue weighted by Crippen LogP contribution is 2.39. The number of anilines is 1. The molecule has 1 saturated heterocycles. The third kappa shape index (κ3) is 3.46. The van der Waals surface area contributed by atoms with Crippen LogP contribution in [0.15, 0.2) is 53.4 Å². The molecule has 1 fully saturated rings. The Morgan fingerprint density at radius 2 is 1.64 bits per heavy atom. The molecule has 0 spiro atoms. The number of benzene rings is 2. The van der Waals surface area contributed by atoms with Gasteiger partial charge < -0.3 is 5.11 Å². The third-order valence-corrected chi connectivity index (χ3v) is 5.49. The summed E-state index contributed by atoms with van der Waals surface area (Å²) in [6.07, 6.45) is 0. The fraction of sp³-hybridized carbons (Fsp3) is 0.0556. The number of hydrogen-bond acceptors (Lipinski definition) is 4.